The van der Waals surface area contributed by atoms with Crippen molar-refractivity contribution < 1.29 is 23.1 Å². The molecule has 0 bridgehead atoms. The lowest BCUT2D eigenvalue weighted by Gasteiger charge is -2.18. The Morgan fingerprint density at radius 3 is 2.73 bits per heavy atom. The van der Waals surface area contributed by atoms with Crippen molar-refractivity contribution >= 4 is 27.7 Å². The second kappa shape index (κ2) is 8.71. The highest BCUT2D eigenvalue weighted by Crippen LogP contribution is 2.26. The maximum atomic E-state index is 13.8. The van der Waals surface area contributed by atoms with E-state index in [4.69, 9.17) is 9.15 Å². The number of nitrogens with zero attached hydrogens (tertiary/aromatic N) is 1. The molecule has 2 heterocycles. The van der Waals surface area contributed by atoms with Gasteiger partial charge in [0.15, 0.2) is 10.4 Å². The van der Waals surface area contributed by atoms with Crippen molar-refractivity contribution in [3.05, 3.63) is 87.5 Å². The molecule has 4 rings (SSSR count). The number of hydrogen-bond acceptors (Lipinski definition) is 4. The molecule has 0 saturated carbocycles. The van der Waals surface area contributed by atoms with E-state index in [2.05, 4.69) is 21.2 Å². The van der Waals surface area contributed by atoms with Gasteiger partial charge in [0.1, 0.15) is 18.2 Å². The van der Waals surface area contributed by atoms with Crippen molar-refractivity contribution in [1.29, 1.82) is 0 Å². The Kier molecular flexibility index (Phi) is 5.85. The summed E-state index contributed by atoms with van der Waals surface area (Å²) in [5.74, 6) is -0.114. The molecule has 2 amide bonds. The predicted molar refractivity (Wildman–Crippen MR) is 111 cm³/mol. The van der Waals surface area contributed by atoms with Crippen molar-refractivity contribution in [2.24, 2.45) is 0 Å². The zero-order valence-corrected chi connectivity index (χ0v) is 17.4. The van der Waals surface area contributed by atoms with E-state index in [1.54, 1.807) is 53.4 Å². The molecule has 30 heavy (non-hydrogen) atoms. The van der Waals surface area contributed by atoms with Crippen LogP contribution in [0, 0.1) is 5.82 Å². The fourth-order valence-corrected chi connectivity index (χ4v) is 3.52. The van der Waals surface area contributed by atoms with Gasteiger partial charge in [0.25, 0.3) is 11.8 Å². The molecule has 8 heteroatoms. The molecule has 0 unspecified atom stereocenters. The minimum Gasteiger partial charge on any atom is -0.491 e. The zero-order valence-electron chi connectivity index (χ0n) is 15.9. The fraction of sp³-hybridized carbons (Fsp3) is 0.182. The third-order valence-corrected chi connectivity index (χ3v) is 5.20. The van der Waals surface area contributed by atoms with Crippen LogP contribution in [0.25, 0.3) is 0 Å². The molecule has 0 saturated heterocycles. The van der Waals surface area contributed by atoms with Crippen LogP contribution in [-0.2, 0) is 13.1 Å². The summed E-state index contributed by atoms with van der Waals surface area (Å²) < 4.78 is 25.3. The van der Waals surface area contributed by atoms with Crippen molar-refractivity contribution in [3.8, 4) is 5.75 Å². The third-order valence-electron chi connectivity index (χ3n) is 4.77. The van der Waals surface area contributed by atoms with Crippen LogP contribution >= 0.6 is 15.9 Å². The summed E-state index contributed by atoms with van der Waals surface area (Å²) >= 11 is 3.20. The molecule has 0 radical (unpaired) electrons. The van der Waals surface area contributed by atoms with E-state index in [-0.39, 0.29) is 36.5 Å². The summed E-state index contributed by atoms with van der Waals surface area (Å²) in [5.41, 5.74) is 1.53. The number of amides is 2. The van der Waals surface area contributed by atoms with Gasteiger partial charge in [0.2, 0.25) is 0 Å². The Balaban J connectivity index is 1.49. The molecule has 0 atom stereocenters. The van der Waals surface area contributed by atoms with E-state index in [0.29, 0.717) is 40.3 Å². The van der Waals surface area contributed by atoms with E-state index >= 15 is 0 Å². The third kappa shape index (κ3) is 4.38. The second-order valence-corrected chi connectivity index (χ2v) is 7.56. The minimum absolute atomic E-state index is 0.0804. The van der Waals surface area contributed by atoms with Crippen molar-refractivity contribution in [2.45, 2.75) is 13.1 Å². The van der Waals surface area contributed by atoms with Gasteiger partial charge in [-0.1, -0.05) is 18.2 Å². The Bertz CT molecular complexity index is 1100. The lowest BCUT2D eigenvalue weighted by Crippen LogP contribution is -2.32. The van der Waals surface area contributed by atoms with Crippen LogP contribution in [0.15, 0.2) is 63.7 Å². The first-order valence-electron chi connectivity index (χ1n) is 9.33. The topological polar surface area (TPSA) is 71.8 Å². The van der Waals surface area contributed by atoms with Crippen LogP contribution in [0.1, 0.15) is 32.0 Å². The van der Waals surface area contributed by atoms with E-state index in [1.165, 1.54) is 6.07 Å². The van der Waals surface area contributed by atoms with Crippen LogP contribution in [0.5, 0.6) is 5.75 Å². The standard InChI is InChI=1S/C22H18BrFN2O4/c23-20-8-7-19(30-20)22(28)26-9-10-29-18-6-5-14(11-16(18)13-26)21(27)25-12-15-3-1-2-4-17(15)24/h1-8,11H,9-10,12-13H2,(H,25,27). The predicted octanol–water partition coefficient (Wildman–Crippen LogP) is 4.15. The number of rotatable bonds is 4. The summed E-state index contributed by atoms with van der Waals surface area (Å²) in [6.07, 6.45) is 0. The van der Waals surface area contributed by atoms with Gasteiger partial charge >= 0.3 is 0 Å². The number of halogens is 2. The van der Waals surface area contributed by atoms with E-state index in [1.807, 2.05) is 0 Å². The maximum absolute atomic E-state index is 13.8. The summed E-state index contributed by atoms with van der Waals surface area (Å²) in [5, 5.41) is 2.72. The number of ether oxygens (including phenoxy) is 1. The minimum atomic E-state index is -0.369. The first kappa shape index (κ1) is 20.2. The first-order valence-corrected chi connectivity index (χ1v) is 10.1. The summed E-state index contributed by atoms with van der Waals surface area (Å²) in [4.78, 5) is 26.9. The first-order chi connectivity index (χ1) is 14.5. The van der Waals surface area contributed by atoms with E-state index in [0.717, 1.165) is 0 Å². The van der Waals surface area contributed by atoms with Gasteiger partial charge in [-0.3, -0.25) is 9.59 Å². The molecule has 3 aromatic rings. The molecule has 154 valence electrons. The van der Waals surface area contributed by atoms with Gasteiger partial charge in [-0.05, 0) is 52.3 Å². The van der Waals surface area contributed by atoms with Crippen molar-refractivity contribution in [2.75, 3.05) is 13.2 Å². The second-order valence-electron chi connectivity index (χ2n) is 6.78. The maximum Gasteiger partial charge on any atom is 0.290 e. The molecular formula is C22H18BrFN2O4. The number of carbonyl (C=O) groups is 2. The van der Waals surface area contributed by atoms with Gasteiger partial charge in [-0.2, -0.15) is 0 Å². The molecule has 1 N–H and O–H groups in total. The fourth-order valence-electron chi connectivity index (χ4n) is 3.21. The largest absolute Gasteiger partial charge is 0.491 e. The Hall–Kier alpha value is -3.13. The number of nitrogens with one attached hydrogen (secondary N) is 1. The van der Waals surface area contributed by atoms with E-state index < -0.39 is 0 Å². The average molecular weight is 473 g/mol. The average Bonchev–Trinajstić information content (AvgIpc) is 3.07. The Morgan fingerprint density at radius 1 is 1.13 bits per heavy atom. The summed E-state index contributed by atoms with van der Waals surface area (Å²) in [6, 6.07) is 14.6. The molecule has 0 fully saturated rings. The van der Waals surface area contributed by atoms with Gasteiger partial charge in [0, 0.05) is 29.8 Å². The number of fused-ring (bicyclic) bond motifs is 1. The quantitative estimate of drug-likeness (QED) is 0.619. The molecule has 0 spiro atoms. The van der Waals surface area contributed by atoms with Gasteiger partial charge in [-0.25, -0.2) is 4.39 Å². The molecule has 1 aliphatic heterocycles. The highest BCUT2D eigenvalue weighted by molar-refractivity contribution is 9.10. The van der Waals surface area contributed by atoms with Crippen LogP contribution in [0.4, 0.5) is 4.39 Å². The van der Waals surface area contributed by atoms with Crippen LogP contribution in [-0.4, -0.2) is 29.9 Å². The highest BCUT2D eigenvalue weighted by atomic mass is 79.9. The smallest absolute Gasteiger partial charge is 0.290 e. The number of hydrogen-bond donors (Lipinski definition) is 1. The molecule has 1 aromatic heterocycles. The zero-order chi connectivity index (χ0) is 21.1. The molecule has 1 aliphatic rings. The van der Waals surface area contributed by atoms with E-state index in [9.17, 15) is 14.0 Å². The highest BCUT2D eigenvalue weighted by Gasteiger charge is 2.24. The van der Waals surface area contributed by atoms with Gasteiger partial charge < -0.3 is 19.4 Å². The lowest BCUT2D eigenvalue weighted by atomic mass is 10.1. The lowest BCUT2D eigenvalue weighted by molar-refractivity contribution is 0.0699. The van der Waals surface area contributed by atoms with Crippen molar-refractivity contribution in [3.63, 3.8) is 0 Å². The number of benzene rings is 2. The normalized spacial score (nSPS) is 13.2. The summed E-state index contributed by atoms with van der Waals surface area (Å²) in [6.45, 7) is 1.08. The molecule has 0 aliphatic carbocycles. The van der Waals surface area contributed by atoms with Crippen LogP contribution < -0.4 is 10.1 Å². The van der Waals surface area contributed by atoms with Crippen LogP contribution in [0.3, 0.4) is 0 Å². The van der Waals surface area contributed by atoms with Crippen LogP contribution in [0.2, 0.25) is 0 Å². The van der Waals surface area contributed by atoms with Gasteiger partial charge in [0.05, 0.1) is 6.54 Å². The molecular weight excluding hydrogens is 455 g/mol. The van der Waals surface area contributed by atoms with Crippen molar-refractivity contribution in [1.82, 2.24) is 10.2 Å². The molecule has 6 nitrogen and oxygen atoms in total. The number of furan rings is 1. The summed E-state index contributed by atoms with van der Waals surface area (Å²) in [7, 11) is 0. The Morgan fingerprint density at radius 2 is 1.97 bits per heavy atom. The SMILES string of the molecule is O=C(NCc1ccccc1F)c1ccc2c(c1)CN(C(=O)c1ccc(Br)o1)CCO2. The monoisotopic (exact) mass is 472 g/mol. The Labute approximate surface area is 180 Å². The number of carbonyl (C=O) groups excluding carboxylic acids is 2. The molecule has 2 aromatic carbocycles. The van der Waals surface area contributed by atoms with Gasteiger partial charge in [-0.15, -0.1) is 0 Å².